The first-order chi connectivity index (χ1) is 12.1. The van der Waals surface area contributed by atoms with Crippen LogP contribution in [0.25, 0.3) is 5.70 Å². The average Bonchev–Trinajstić information content (AvgIpc) is 2.97. The molecule has 25 heavy (non-hydrogen) atoms. The average molecular weight is 332 g/mol. The molecule has 0 spiro atoms. The van der Waals surface area contributed by atoms with E-state index in [0.29, 0.717) is 5.84 Å². The maximum atomic E-state index is 6.14. The quantitative estimate of drug-likeness (QED) is 0.939. The third kappa shape index (κ3) is 3.17. The molecule has 0 radical (unpaired) electrons. The van der Waals surface area contributed by atoms with Crippen LogP contribution in [0.3, 0.4) is 0 Å². The van der Waals surface area contributed by atoms with E-state index in [0.717, 1.165) is 19.6 Å². The molecule has 2 aliphatic heterocycles. The molecule has 4 nitrogen and oxygen atoms in total. The summed E-state index contributed by atoms with van der Waals surface area (Å²) in [4.78, 5) is 9.47. The van der Waals surface area contributed by atoms with Gasteiger partial charge in [-0.05, 0) is 25.0 Å². The summed E-state index contributed by atoms with van der Waals surface area (Å²) < 4.78 is 0. The van der Waals surface area contributed by atoms with E-state index in [-0.39, 0.29) is 6.29 Å². The number of aryl methyl sites for hydroxylation is 2. The molecular weight excluding hydrogens is 308 g/mol. The van der Waals surface area contributed by atoms with E-state index in [1.807, 2.05) is 12.1 Å². The Morgan fingerprint density at radius 3 is 2.48 bits per heavy atom. The molecule has 0 saturated carbocycles. The van der Waals surface area contributed by atoms with Gasteiger partial charge in [-0.15, -0.1) is 0 Å². The lowest BCUT2D eigenvalue weighted by atomic mass is 10.1. The van der Waals surface area contributed by atoms with Gasteiger partial charge in [0.2, 0.25) is 0 Å². The Balaban J connectivity index is 1.60. The minimum Gasteiger partial charge on any atom is -0.384 e. The van der Waals surface area contributed by atoms with E-state index < -0.39 is 0 Å². The second kappa shape index (κ2) is 6.37. The Bertz CT molecular complexity index is 818. The normalized spacial score (nSPS) is 20.2. The first kappa shape index (κ1) is 15.9. The predicted molar refractivity (Wildman–Crippen MR) is 103 cm³/mol. The molecule has 0 bridgehead atoms. The second-order valence-electron chi connectivity index (χ2n) is 6.96. The highest BCUT2D eigenvalue weighted by Gasteiger charge is 2.35. The van der Waals surface area contributed by atoms with Gasteiger partial charge in [-0.3, -0.25) is 4.90 Å². The molecule has 1 saturated heterocycles. The number of fused-ring (bicyclic) bond motifs is 1. The van der Waals surface area contributed by atoms with Crippen LogP contribution in [-0.4, -0.2) is 35.0 Å². The molecule has 1 atom stereocenters. The van der Waals surface area contributed by atoms with E-state index in [1.165, 1.54) is 28.0 Å². The largest absolute Gasteiger partial charge is 0.384 e. The van der Waals surface area contributed by atoms with Crippen molar-refractivity contribution in [2.45, 2.75) is 26.7 Å². The molecule has 128 valence electrons. The molecule has 1 unspecified atom stereocenters. The van der Waals surface area contributed by atoms with Crippen LogP contribution >= 0.6 is 0 Å². The zero-order chi connectivity index (χ0) is 17.4. The third-order valence-corrected chi connectivity index (χ3v) is 4.83. The zero-order valence-electron chi connectivity index (χ0n) is 14.8. The van der Waals surface area contributed by atoms with Crippen LogP contribution in [0.4, 0.5) is 0 Å². The SMILES string of the molecule is Cc1cc(C)cc(CN2CCN3C(c4ccccc4)=CC(N)=NC23)c1. The molecule has 2 aromatic rings. The van der Waals surface area contributed by atoms with Crippen molar-refractivity contribution in [1.29, 1.82) is 0 Å². The summed E-state index contributed by atoms with van der Waals surface area (Å²) >= 11 is 0. The third-order valence-electron chi connectivity index (χ3n) is 4.83. The van der Waals surface area contributed by atoms with Crippen LogP contribution in [0.2, 0.25) is 0 Å². The number of amidine groups is 1. The van der Waals surface area contributed by atoms with Crippen LogP contribution in [-0.2, 0) is 6.54 Å². The fraction of sp³-hybridized carbons (Fsp3) is 0.286. The first-order valence-corrected chi connectivity index (χ1v) is 8.78. The lowest BCUT2D eigenvalue weighted by Crippen LogP contribution is -2.40. The molecule has 2 heterocycles. The van der Waals surface area contributed by atoms with E-state index in [2.05, 4.69) is 66.1 Å². The Kier molecular flexibility index (Phi) is 4.06. The molecule has 0 aliphatic carbocycles. The van der Waals surface area contributed by atoms with Gasteiger partial charge in [-0.1, -0.05) is 59.7 Å². The van der Waals surface area contributed by atoms with Gasteiger partial charge in [0.15, 0.2) is 6.29 Å². The molecule has 2 N–H and O–H groups in total. The standard InChI is InChI=1S/C21H24N4/c1-15-10-16(2)12-17(11-15)14-24-8-9-25-19(13-20(22)23-21(24)25)18-6-4-3-5-7-18/h3-7,10-13,21H,8-9,14H2,1-2H3,(H2,22,23). The highest BCUT2D eigenvalue weighted by Crippen LogP contribution is 2.31. The Labute approximate surface area is 149 Å². The number of nitrogens with two attached hydrogens (primary N) is 1. The van der Waals surface area contributed by atoms with Gasteiger partial charge in [-0.25, -0.2) is 4.99 Å². The van der Waals surface area contributed by atoms with Gasteiger partial charge >= 0.3 is 0 Å². The van der Waals surface area contributed by atoms with E-state index in [1.54, 1.807) is 0 Å². The zero-order valence-corrected chi connectivity index (χ0v) is 14.8. The Morgan fingerprint density at radius 1 is 1.04 bits per heavy atom. The first-order valence-electron chi connectivity index (χ1n) is 8.78. The highest BCUT2D eigenvalue weighted by molar-refractivity contribution is 5.99. The lowest BCUT2D eigenvalue weighted by molar-refractivity contribution is 0.180. The topological polar surface area (TPSA) is 44.9 Å². The van der Waals surface area contributed by atoms with Crippen molar-refractivity contribution in [1.82, 2.24) is 9.80 Å². The summed E-state index contributed by atoms with van der Waals surface area (Å²) in [6, 6.07) is 17.2. The minimum absolute atomic E-state index is 0.0129. The fourth-order valence-corrected chi connectivity index (χ4v) is 3.87. The Morgan fingerprint density at radius 2 is 1.76 bits per heavy atom. The van der Waals surface area contributed by atoms with Crippen LogP contribution < -0.4 is 5.73 Å². The van der Waals surface area contributed by atoms with Crippen molar-refractivity contribution < 1.29 is 0 Å². The van der Waals surface area contributed by atoms with Crippen molar-refractivity contribution in [3.63, 3.8) is 0 Å². The molecule has 1 fully saturated rings. The molecule has 0 amide bonds. The van der Waals surface area contributed by atoms with Crippen LogP contribution in [0, 0.1) is 13.8 Å². The number of hydrogen-bond acceptors (Lipinski definition) is 4. The summed E-state index contributed by atoms with van der Waals surface area (Å²) in [6.07, 6.45) is 1.98. The number of nitrogens with zero attached hydrogens (tertiary/aromatic N) is 3. The predicted octanol–water partition coefficient (Wildman–Crippen LogP) is 3.12. The number of rotatable bonds is 3. The smallest absolute Gasteiger partial charge is 0.181 e. The molecular formula is C21H24N4. The van der Waals surface area contributed by atoms with Crippen LogP contribution in [0.1, 0.15) is 22.3 Å². The second-order valence-corrected chi connectivity index (χ2v) is 6.96. The van der Waals surface area contributed by atoms with Gasteiger partial charge in [-0.2, -0.15) is 0 Å². The van der Waals surface area contributed by atoms with Gasteiger partial charge in [0.1, 0.15) is 5.84 Å². The minimum atomic E-state index is -0.0129. The number of hydrogen-bond donors (Lipinski definition) is 1. The summed E-state index contributed by atoms with van der Waals surface area (Å²) in [7, 11) is 0. The Hall–Kier alpha value is -2.59. The van der Waals surface area contributed by atoms with Crippen molar-refractivity contribution in [3.8, 4) is 0 Å². The van der Waals surface area contributed by atoms with Gasteiger partial charge in [0.05, 0.1) is 5.70 Å². The van der Waals surface area contributed by atoms with E-state index in [9.17, 15) is 0 Å². The molecule has 4 heteroatoms. The summed E-state index contributed by atoms with van der Waals surface area (Å²) in [5, 5.41) is 0. The summed E-state index contributed by atoms with van der Waals surface area (Å²) in [5.41, 5.74) is 12.5. The monoisotopic (exact) mass is 332 g/mol. The molecule has 2 aliphatic rings. The maximum absolute atomic E-state index is 6.14. The number of benzene rings is 2. The lowest BCUT2D eigenvalue weighted by Gasteiger charge is -2.33. The summed E-state index contributed by atoms with van der Waals surface area (Å²) in [6.45, 7) is 7.15. The molecule has 4 rings (SSSR count). The van der Waals surface area contributed by atoms with Gasteiger partial charge in [0.25, 0.3) is 0 Å². The van der Waals surface area contributed by atoms with Crippen molar-refractivity contribution in [2.75, 3.05) is 13.1 Å². The molecule has 0 aromatic heterocycles. The van der Waals surface area contributed by atoms with Crippen molar-refractivity contribution in [3.05, 3.63) is 76.9 Å². The van der Waals surface area contributed by atoms with Gasteiger partial charge in [0, 0.05) is 25.7 Å². The van der Waals surface area contributed by atoms with E-state index >= 15 is 0 Å². The highest BCUT2D eigenvalue weighted by atomic mass is 15.5. The van der Waals surface area contributed by atoms with Gasteiger partial charge < -0.3 is 10.6 Å². The number of aliphatic imine (C=N–C) groups is 1. The van der Waals surface area contributed by atoms with Crippen molar-refractivity contribution in [2.24, 2.45) is 10.7 Å². The summed E-state index contributed by atoms with van der Waals surface area (Å²) in [5.74, 6) is 0.604. The van der Waals surface area contributed by atoms with E-state index in [4.69, 9.17) is 10.7 Å². The fourth-order valence-electron chi connectivity index (χ4n) is 3.87. The van der Waals surface area contributed by atoms with Crippen molar-refractivity contribution >= 4 is 11.5 Å². The molecule has 2 aromatic carbocycles. The maximum Gasteiger partial charge on any atom is 0.181 e. The van der Waals surface area contributed by atoms with Crippen LogP contribution in [0.15, 0.2) is 59.6 Å². The van der Waals surface area contributed by atoms with Crippen LogP contribution in [0.5, 0.6) is 0 Å².